The molecular formula is C17H15NO3. The molecule has 1 aromatic carbocycles. The maximum Gasteiger partial charge on any atom is 0.315 e. The Bertz CT molecular complexity index is 728. The topological polar surface area (TPSA) is 70.2 Å². The number of aromatic amines is 1. The number of fused-ring (bicyclic) bond motifs is 1. The van der Waals surface area contributed by atoms with Gasteiger partial charge in [-0.2, -0.15) is 0 Å². The third-order valence-electron chi connectivity index (χ3n) is 3.07. The molecule has 1 aliphatic carbocycles. The third kappa shape index (κ3) is 3.59. The first-order valence-corrected chi connectivity index (χ1v) is 6.49. The minimum Gasteiger partial charge on any atom is -0.481 e. The van der Waals surface area contributed by atoms with Crippen LogP contribution in [0.3, 0.4) is 0 Å². The summed E-state index contributed by atoms with van der Waals surface area (Å²) in [5, 5.41) is 9.85. The van der Waals surface area contributed by atoms with Crippen molar-refractivity contribution in [2.24, 2.45) is 5.92 Å². The molecule has 0 radical (unpaired) electrons. The minimum absolute atomic E-state index is 0.167. The maximum atomic E-state index is 10.4. The van der Waals surface area contributed by atoms with Crippen LogP contribution in [0.4, 0.5) is 0 Å². The molecule has 1 aromatic heterocycles. The smallest absolute Gasteiger partial charge is 0.315 e. The molecule has 0 spiro atoms. The molecule has 2 N–H and O–H groups in total. The Balaban J connectivity index is 0.000000154. The van der Waals surface area contributed by atoms with E-state index in [2.05, 4.69) is 36.2 Å². The highest BCUT2D eigenvalue weighted by Crippen LogP contribution is 2.15. The van der Waals surface area contributed by atoms with Crippen LogP contribution in [0.2, 0.25) is 0 Å². The Morgan fingerprint density at radius 2 is 2.05 bits per heavy atom. The van der Waals surface area contributed by atoms with Crippen molar-refractivity contribution in [1.82, 2.24) is 4.98 Å². The zero-order valence-corrected chi connectivity index (χ0v) is 11.5. The lowest BCUT2D eigenvalue weighted by Gasteiger charge is -2.06. The number of nitrogens with one attached hydrogen (secondary N) is 1. The van der Waals surface area contributed by atoms with Crippen LogP contribution in [0.1, 0.15) is 5.69 Å². The number of allylic oxidation sites excluding steroid dienone is 3. The summed E-state index contributed by atoms with van der Waals surface area (Å²) in [6, 6.07) is 10.4. The molecule has 3 rings (SSSR count). The van der Waals surface area contributed by atoms with Crippen LogP contribution >= 0.6 is 0 Å². The maximum absolute atomic E-state index is 10.4. The van der Waals surface area contributed by atoms with Crippen LogP contribution in [0.5, 0.6) is 0 Å². The van der Waals surface area contributed by atoms with Crippen LogP contribution in [0, 0.1) is 12.8 Å². The van der Waals surface area contributed by atoms with Crippen molar-refractivity contribution in [3.05, 3.63) is 65.9 Å². The summed E-state index contributed by atoms with van der Waals surface area (Å²) < 4.78 is 0. The number of carbonyl (C=O) groups excluding carboxylic acids is 1. The van der Waals surface area contributed by atoms with E-state index in [4.69, 9.17) is 5.11 Å². The van der Waals surface area contributed by atoms with Crippen molar-refractivity contribution in [2.75, 3.05) is 0 Å². The molecule has 0 aliphatic heterocycles. The summed E-state index contributed by atoms with van der Waals surface area (Å²) in [4.78, 5) is 23.9. The molecule has 106 valence electrons. The zero-order valence-electron chi connectivity index (χ0n) is 11.5. The first-order chi connectivity index (χ1) is 10.1. The molecule has 1 aliphatic rings. The predicted molar refractivity (Wildman–Crippen MR) is 81.6 cm³/mol. The molecule has 2 aromatic rings. The largest absolute Gasteiger partial charge is 0.481 e. The third-order valence-corrected chi connectivity index (χ3v) is 3.07. The number of rotatable bonds is 1. The SMILES string of the molecule is Cc1cc2ccccc2[nH]1.O=C=C1C=CC=CC1C(=O)O. The number of carboxylic acid groups (broad SMARTS) is 1. The van der Waals surface area contributed by atoms with Gasteiger partial charge in [0.2, 0.25) is 0 Å². The predicted octanol–water partition coefficient (Wildman–Crippen LogP) is 3.05. The number of hydrogen-bond donors (Lipinski definition) is 2. The van der Waals surface area contributed by atoms with Crippen LogP contribution in [0.25, 0.3) is 10.9 Å². The molecule has 0 saturated carbocycles. The second-order valence-corrected chi connectivity index (χ2v) is 4.66. The Kier molecular flexibility index (Phi) is 4.54. The summed E-state index contributed by atoms with van der Waals surface area (Å²) in [7, 11) is 0. The van der Waals surface area contributed by atoms with Crippen molar-refractivity contribution < 1.29 is 14.7 Å². The van der Waals surface area contributed by atoms with Crippen molar-refractivity contribution >= 4 is 22.8 Å². The van der Waals surface area contributed by atoms with E-state index in [0.717, 1.165) is 0 Å². The molecule has 0 amide bonds. The van der Waals surface area contributed by atoms with Crippen LogP contribution < -0.4 is 0 Å². The molecule has 1 heterocycles. The lowest BCUT2D eigenvalue weighted by molar-refractivity contribution is -0.138. The van der Waals surface area contributed by atoms with Gasteiger partial charge in [-0.3, -0.25) is 4.79 Å². The summed E-state index contributed by atoms with van der Waals surface area (Å²) >= 11 is 0. The van der Waals surface area contributed by atoms with E-state index in [1.807, 2.05) is 6.07 Å². The lowest BCUT2D eigenvalue weighted by Crippen LogP contribution is -2.14. The number of aliphatic carboxylic acids is 1. The molecular weight excluding hydrogens is 266 g/mol. The van der Waals surface area contributed by atoms with Gasteiger partial charge in [-0.15, -0.1) is 0 Å². The van der Waals surface area contributed by atoms with Gasteiger partial charge in [0.15, 0.2) is 0 Å². The van der Waals surface area contributed by atoms with E-state index in [1.54, 1.807) is 18.1 Å². The molecule has 4 heteroatoms. The summed E-state index contributed by atoms with van der Waals surface area (Å²) in [6.45, 7) is 2.07. The van der Waals surface area contributed by atoms with E-state index >= 15 is 0 Å². The van der Waals surface area contributed by atoms with Crippen molar-refractivity contribution in [3.63, 3.8) is 0 Å². The average molecular weight is 281 g/mol. The van der Waals surface area contributed by atoms with Crippen LogP contribution in [-0.2, 0) is 9.59 Å². The number of para-hydroxylation sites is 1. The number of carbonyl (C=O) groups is 1. The zero-order chi connectivity index (χ0) is 15.2. The fourth-order valence-electron chi connectivity index (χ4n) is 2.07. The van der Waals surface area contributed by atoms with Gasteiger partial charge in [0.1, 0.15) is 11.9 Å². The average Bonchev–Trinajstić information content (AvgIpc) is 2.87. The van der Waals surface area contributed by atoms with Gasteiger partial charge in [0, 0.05) is 11.2 Å². The second kappa shape index (κ2) is 6.55. The number of H-pyrrole nitrogens is 1. The first kappa shape index (κ1) is 14.6. The van der Waals surface area contributed by atoms with E-state index in [9.17, 15) is 9.59 Å². The number of aromatic nitrogens is 1. The van der Waals surface area contributed by atoms with Crippen molar-refractivity contribution in [2.45, 2.75) is 6.92 Å². The van der Waals surface area contributed by atoms with E-state index in [0.29, 0.717) is 0 Å². The second-order valence-electron chi connectivity index (χ2n) is 4.66. The van der Waals surface area contributed by atoms with Crippen molar-refractivity contribution in [1.29, 1.82) is 0 Å². The van der Waals surface area contributed by atoms with Gasteiger partial charge in [-0.05, 0) is 30.5 Å². The molecule has 4 nitrogen and oxygen atoms in total. The standard InChI is InChI=1S/C9H9N.C8H6O3/c1-7-6-8-4-2-3-5-9(8)10-7;9-5-6-3-1-2-4-7(6)8(10)11/h2-6,10H,1H3;1-4,7H,(H,10,11). The fourth-order valence-corrected chi connectivity index (χ4v) is 2.07. The molecule has 0 bridgehead atoms. The van der Waals surface area contributed by atoms with E-state index in [1.165, 1.54) is 28.7 Å². The number of hydrogen-bond acceptors (Lipinski definition) is 2. The van der Waals surface area contributed by atoms with Gasteiger partial charge in [-0.1, -0.05) is 36.4 Å². The molecule has 1 atom stereocenters. The Morgan fingerprint density at radius 1 is 1.29 bits per heavy atom. The number of aryl methyl sites for hydroxylation is 1. The summed E-state index contributed by atoms with van der Waals surface area (Å²) in [5.74, 6) is -0.263. The molecule has 1 unspecified atom stereocenters. The highest BCUT2D eigenvalue weighted by Gasteiger charge is 2.19. The summed E-state index contributed by atoms with van der Waals surface area (Å²) in [5.41, 5.74) is 2.61. The normalized spacial score (nSPS) is 16.2. The van der Waals surface area contributed by atoms with Crippen molar-refractivity contribution in [3.8, 4) is 0 Å². The Labute approximate surface area is 122 Å². The highest BCUT2D eigenvalue weighted by molar-refractivity contribution is 5.82. The Morgan fingerprint density at radius 3 is 2.67 bits per heavy atom. The quantitative estimate of drug-likeness (QED) is 0.789. The van der Waals surface area contributed by atoms with Gasteiger partial charge in [-0.25, -0.2) is 4.79 Å². The van der Waals surface area contributed by atoms with Gasteiger partial charge in [0.25, 0.3) is 0 Å². The highest BCUT2D eigenvalue weighted by atomic mass is 16.4. The van der Waals surface area contributed by atoms with Crippen LogP contribution in [0.15, 0.2) is 60.2 Å². The molecule has 0 saturated heterocycles. The Hall–Kier alpha value is -2.84. The summed E-state index contributed by atoms with van der Waals surface area (Å²) in [6.07, 6.45) is 6.10. The molecule has 21 heavy (non-hydrogen) atoms. The first-order valence-electron chi connectivity index (χ1n) is 6.49. The lowest BCUT2D eigenvalue weighted by atomic mass is 9.96. The number of benzene rings is 1. The molecule has 0 fully saturated rings. The number of carboxylic acids is 1. The van der Waals surface area contributed by atoms with Gasteiger partial charge in [0.05, 0.1) is 5.57 Å². The van der Waals surface area contributed by atoms with Gasteiger partial charge >= 0.3 is 5.97 Å². The fraction of sp³-hybridized carbons (Fsp3) is 0.118. The van der Waals surface area contributed by atoms with Crippen LogP contribution in [-0.4, -0.2) is 22.0 Å². The van der Waals surface area contributed by atoms with Gasteiger partial charge < -0.3 is 10.1 Å². The van der Waals surface area contributed by atoms with E-state index < -0.39 is 11.9 Å². The minimum atomic E-state index is -1.02. The van der Waals surface area contributed by atoms with E-state index in [-0.39, 0.29) is 5.57 Å². The monoisotopic (exact) mass is 281 g/mol.